The maximum Gasteiger partial charge on any atom is 0.187 e. The normalized spacial score (nSPS) is 11.1. The van der Waals surface area contributed by atoms with Gasteiger partial charge in [-0.2, -0.15) is 14.0 Å². The Morgan fingerprint density at radius 2 is 1.49 bits per heavy atom. The number of nitrogens with zero attached hydrogens (tertiary/aromatic N) is 5. The van der Waals surface area contributed by atoms with Crippen molar-refractivity contribution in [2.24, 2.45) is 0 Å². The minimum atomic E-state index is -0.798. The zero-order valence-electron chi connectivity index (χ0n) is 21.1. The lowest BCUT2D eigenvalue weighted by Gasteiger charge is -2.14. The molecule has 2 heterocycles. The largest absolute Gasteiger partial charge is 0.247 e. The van der Waals surface area contributed by atoms with Crippen molar-refractivity contribution in [3.05, 3.63) is 120 Å². The van der Waals surface area contributed by atoms with Gasteiger partial charge in [0.2, 0.25) is 0 Å². The fourth-order valence-corrected chi connectivity index (χ4v) is 5.82. The fraction of sp³-hybridized carbons (Fsp3) is 0. The van der Waals surface area contributed by atoms with E-state index in [0.717, 1.165) is 73.3 Å². The number of para-hydroxylation sites is 1. The van der Waals surface area contributed by atoms with E-state index in [-0.39, 0.29) is 11.1 Å². The third-order valence-electron chi connectivity index (χ3n) is 7.10. The molecule has 0 aliphatic heterocycles. The van der Waals surface area contributed by atoms with Crippen molar-refractivity contribution in [1.29, 1.82) is 5.26 Å². The van der Waals surface area contributed by atoms with Crippen molar-refractivity contribution >= 4 is 50.1 Å². The van der Waals surface area contributed by atoms with E-state index in [2.05, 4.69) is 13.6 Å². The topological polar surface area (TPSA) is 66.8 Å². The number of halogens is 2. The maximum atomic E-state index is 14.7. The van der Waals surface area contributed by atoms with Crippen LogP contribution in [-0.4, -0.2) is 13.7 Å². The van der Waals surface area contributed by atoms with Gasteiger partial charge in [-0.3, -0.25) is 0 Å². The van der Waals surface area contributed by atoms with Crippen LogP contribution in [0.2, 0.25) is 0 Å². The van der Waals surface area contributed by atoms with Crippen molar-refractivity contribution in [3.63, 3.8) is 0 Å². The number of aromatic nitrogens is 3. The van der Waals surface area contributed by atoms with Crippen LogP contribution in [0.15, 0.2) is 91.0 Å². The van der Waals surface area contributed by atoms with Gasteiger partial charge in [0.25, 0.3) is 0 Å². The second-order valence-electron chi connectivity index (χ2n) is 9.45. The smallest absolute Gasteiger partial charge is 0.187 e. The first kappa shape index (κ1) is 24.5. The van der Waals surface area contributed by atoms with Crippen LogP contribution in [0, 0.1) is 29.5 Å². The van der Waals surface area contributed by atoms with Gasteiger partial charge in [-0.15, -0.1) is 0 Å². The summed E-state index contributed by atoms with van der Waals surface area (Å²) in [5.41, 5.74) is 5.99. The van der Waals surface area contributed by atoms with Gasteiger partial charge in [-0.1, -0.05) is 60.7 Å². The molecule has 0 saturated heterocycles. The summed E-state index contributed by atoms with van der Waals surface area (Å²) < 4.78 is 38.8. The second kappa shape index (κ2) is 9.56. The molecule has 41 heavy (non-hydrogen) atoms. The number of rotatable bonds is 3. The third-order valence-corrected chi connectivity index (χ3v) is 7.63. The molecule has 0 bridgehead atoms. The molecule has 0 spiro atoms. The highest BCUT2D eigenvalue weighted by Crippen LogP contribution is 2.41. The Morgan fingerprint density at radius 3 is 2.24 bits per heavy atom. The molecule has 7 rings (SSSR count). The molecule has 0 unspecified atom stereocenters. The van der Waals surface area contributed by atoms with Crippen molar-refractivity contribution < 1.29 is 8.78 Å². The Balaban J connectivity index is 1.49. The molecule has 8 heteroatoms. The van der Waals surface area contributed by atoms with Crippen LogP contribution in [-0.2, 0) is 0 Å². The minimum Gasteiger partial charge on any atom is -0.247 e. The third kappa shape index (κ3) is 3.98. The van der Waals surface area contributed by atoms with Gasteiger partial charge in [0, 0.05) is 27.3 Å². The first-order chi connectivity index (χ1) is 20.1. The number of fused-ring (bicyclic) bond motifs is 5. The van der Waals surface area contributed by atoms with Crippen molar-refractivity contribution in [1.82, 2.24) is 13.7 Å². The molecule has 0 saturated carbocycles. The van der Waals surface area contributed by atoms with E-state index in [0.29, 0.717) is 16.9 Å². The van der Waals surface area contributed by atoms with Gasteiger partial charge >= 0.3 is 0 Å². The van der Waals surface area contributed by atoms with E-state index in [1.807, 2.05) is 48.5 Å². The Morgan fingerprint density at radius 1 is 0.756 bits per heavy atom. The Hall–Kier alpha value is -5.57. The van der Waals surface area contributed by atoms with Crippen LogP contribution < -0.4 is 0 Å². The highest BCUT2D eigenvalue weighted by molar-refractivity contribution is 7.00. The number of nitriles is 1. The summed E-state index contributed by atoms with van der Waals surface area (Å²) in [6.45, 7) is 7.46. The van der Waals surface area contributed by atoms with Gasteiger partial charge in [0.15, 0.2) is 5.69 Å². The van der Waals surface area contributed by atoms with Crippen LogP contribution in [0.25, 0.3) is 71.1 Å². The van der Waals surface area contributed by atoms with E-state index in [1.54, 1.807) is 36.4 Å². The monoisotopic (exact) mass is 551 g/mol. The maximum absolute atomic E-state index is 14.7. The number of benzene rings is 5. The first-order valence-electron chi connectivity index (χ1n) is 12.5. The molecule has 0 fully saturated rings. The zero-order valence-corrected chi connectivity index (χ0v) is 21.9. The van der Waals surface area contributed by atoms with Crippen LogP contribution in [0.4, 0.5) is 14.5 Å². The summed E-state index contributed by atoms with van der Waals surface area (Å²) in [7, 11) is 0. The summed E-state index contributed by atoms with van der Waals surface area (Å²) in [6, 6.07) is 27.9. The van der Waals surface area contributed by atoms with Crippen LogP contribution >= 0.6 is 11.7 Å². The average Bonchev–Trinajstić information content (AvgIpc) is 3.50. The van der Waals surface area contributed by atoms with E-state index in [4.69, 9.17) is 16.8 Å². The van der Waals surface area contributed by atoms with Crippen molar-refractivity contribution in [2.45, 2.75) is 0 Å². The molecule has 0 amide bonds. The van der Waals surface area contributed by atoms with Crippen LogP contribution in [0.5, 0.6) is 0 Å². The molecule has 5 nitrogen and oxygen atoms in total. The quantitative estimate of drug-likeness (QED) is 0.162. The van der Waals surface area contributed by atoms with Gasteiger partial charge in [-0.25, -0.2) is 18.6 Å². The molecule has 0 N–H and O–H groups in total. The summed E-state index contributed by atoms with van der Waals surface area (Å²) >= 11 is 1.13. The molecule has 5 aromatic carbocycles. The first-order valence-corrected chi connectivity index (χ1v) is 13.2. The molecule has 0 radical (unpaired) electrons. The number of hydrogen-bond donors (Lipinski definition) is 0. The number of pyridine rings is 1. The van der Waals surface area contributed by atoms with Crippen LogP contribution in [0.1, 0.15) is 5.56 Å². The molecular weight excluding hydrogens is 536 g/mol. The van der Waals surface area contributed by atoms with Gasteiger partial charge in [-0.05, 0) is 41.5 Å². The predicted octanol–water partition coefficient (Wildman–Crippen LogP) is 9.09. The molecule has 0 aliphatic carbocycles. The second-order valence-corrected chi connectivity index (χ2v) is 9.98. The molecule has 0 aliphatic rings. The Bertz CT molecular complexity index is 2240. The summed E-state index contributed by atoms with van der Waals surface area (Å²) in [4.78, 5) is 8.60. The van der Waals surface area contributed by atoms with Crippen LogP contribution in [0.3, 0.4) is 0 Å². The van der Waals surface area contributed by atoms with Crippen molar-refractivity contribution in [3.8, 4) is 39.6 Å². The van der Waals surface area contributed by atoms with E-state index < -0.39 is 11.6 Å². The lowest BCUT2D eigenvalue weighted by atomic mass is 9.93. The lowest BCUT2D eigenvalue weighted by Crippen LogP contribution is -1.94. The highest BCUT2D eigenvalue weighted by atomic mass is 32.1. The molecule has 7 aromatic rings. The average molecular weight is 552 g/mol. The molecule has 192 valence electrons. The van der Waals surface area contributed by atoms with E-state index in [1.165, 1.54) is 0 Å². The summed E-state index contributed by atoms with van der Waals surface area (Å²) in [5.74, 6) is -1.60. The van der Waals surface area contributed by atoms with Gasteiger partial charge < -0.3 is 0 Å². The standard InChI is InChI=1S/C33H15F2N5S/c1-37-22-6-4-5-21(15-22)24-16-25-30(33-32(24)39-41-40-33)23-7-2-3-8-28(23)38-31(25)20-11-9-19(10-12-20)29-26(34)13-18(17-36)14-27(29)35/h2-16H. The lowest BCUT2D eigenvalue weighted by molar-refractivity contribution is 0.589. The van der Waals surface area contributed by atoms with E-state index >= 15 is 0 Å². The zero-order chi connectivity index (χ0) is 28.1. The molecule has 0 atom stereocenters. The molecular formula is C33H15F2N5S. The van der Waals surface area contributed by atoms with Crippen molar-refractivity contribution in [2.75, 3.05) is 0 Å². The SMILES string of the molecule is [C-]#[N+]c1cccc(-c2cc3c(-c4ccc(-c5c(F)cc(C#N)cc5F)cc4)nc4ccccc4c3c3nsnc23)c1. The fourth-order valence-electron chi connectivity index (χ4n) is 5.26. The van der Waals surface area contributed by atoms with Gasteiger partial charge in [0.05, 0.1) is 46.7 Å². The number of hydrogen-bond acceptors (Lipinski definition) is 5. The Labute approximate surface area is 236 Å². The summed E-state index contributed by atoms with van der Waals surface area (Å²) in [6.07, 6.45) is 0. The highest BCUT2D eigenvalue weighted by Gasteiger charge is 2.20. The predicted molar refractivity (Wildman–Crippen MR) is 157 cm³/mol. The van der Waals surface area contributed by atoms with Gasteiger partial charge in [0.1, 0.15) is 22.7 Å². The minimum absolute atomic E-state index is 0.0761. The Kier molecular flexibility index (Phi) is 5.71. The molecule has 2 aromatic heterocycles. The van der Waals surface area contributed by atoms with E-state index in [9.17, 15) is 8.78 Å². The summed E-state index contributed by atoms with van der Waals surface area (Å²) in [5, 5.41) is 11.7.